The molecule has 0 fully saturated rings. The third kappa shape index (κ3) is 4.41. The maximum absolute atomic E-state index is 12.3. The zero-order chi connectivity index (χ0) is 20.2. The first-order chi connectivity index (χ1) is 14.1. The summed E-state index contributed by atoms with van der Waals surface area (Å²) in [5, 5.41) is 8.31. The molecule has 7 heteroatoms. The highest BCUT2D eigenvalue weighted by atomic mass is 32.2. The van der Waals surface area contributed by atoms with Crippen molar-refractivity contribution in [3.05, 3.63) is 72.6 Å². The summed E-state index contributed by atoms with van der Waals surface area (Å²) in [7, 11) is 1.64. The van der Waals surface area contributed by atoms with Gasteiger partial charge in [0.2, 0.25) is 5.91 Å². The molecule has 4 aromatic rings. The largest absolute Gasteiger partial charge is 0.497 e. The number of carbonyl (C=O) groups excluding carboxylic acids is 1. The molecule has 0 aliphatic heterocycles. The number of aryl methyl sites for hydroxylation is 1. The summed E-state index contributed by atoms with van der Waals surface area (Å²) in [6, 6.07) is 17.5. The molecule has 0 unspecified atom stereocenters. The molecule has 29 heavy (non-hydrogen) atoms. The van der Waals surface area contributed by atoms with Crippen molar-refractivity contribution in [1.82, 2.24) is 14.6 Å². The van der Waals surface area contributed by atoms with Crippen LogP contribution in [0.2, 0.25) is 0 Å². The lowest BCUT2D eigenvalue weighted by Gasteiger charge is -2.06. The van der Waals surface area contributed by atoms with Crippen molar-refractivity contribution >= 4 is 28.9 Å². The standard InChI is InChI=1S/C22H20N4O2S/c1-15-4-3-5-17(12-15)24-21(27)14-29-22-20-13-19(25-26(20)11-10-23-22)16-6-8-18(28-2)9-7-16/h3-13H,14H2,1-2H3,(H,24,27). The molecule has 0 saturated heterocycles. The quantitative estimate of drug-likeness (QED) is 0.481. The number of methoxy groups -OCH3 is 1. The zero-order valence-corrected chi connectivity index (χ0v) is 16.9. The average molecular weight is 404 g/mol. The number of aromatic nitrogens is 3. The van der Waals surface area contributed by atoms with E-state index in [4.69, 9.17) is 4.74 Å². The lowest BCUT2D eigenvalue weighted by atomic mass is 10.1. The van der Waals surface area contributed by atoms with E-state index in [1.807, 2.05) is 61.5 Å². The molecule has 0 aliphatic rings. The Morgan fingerprint density at radius 1 is 1.17 bits per heavy atom. The maximum atomic E-state index is 12.3. The van der Waals surface area contributed by atoms with Gasteiger partial charge in [0.1, 0.15) is 10.8 Å². The van der Waals surface area contributed by atoms with Gasteiger partial charge in [-0.15, -0.1) is 0 Å². The summed E-state index contributed by atoms with van der Waals surface area (Å²) in [6.45, 7) is 2.00. The monoisotopic (exact) mass is 404 g/mol. The van der Waals surface area contributed by atoms with Gasteiger partial charge in [-0.3, -0.25) is 4.79 Å². The number of hydrogen-bond acceptors (Lipinski definition) is 5. The molecule has 0 bridgehead atoms. The van der Waals surface area contributed by atoms with Gasteiger partial charge in [0.25, 0.3) is 0 Å². The molecule has 6 nitrogen and oxygen atoms in total. The summed E-state index contributed by atoms with van der Waals surface area (Å²) in [5.74, 6) is 0.998. The molecular weight excluding hydrogens is 384 g/mol. The second kappa shape index (κ2) is 8.36. The van der Waals surface area contributed by atoms with Gasteiger partial charge in [-0.1, -0.05) is 23.9 Å². The minimum atomic E-state index is -0.0701. The van der Waals surface area contributed by atoms with Crippen LogP contribution in [0.25, 0.3) is 16.8 Å². The molecule has 2 heterocycles. The highest BCUT2D eigenvalue weighted by Crippen LogP contribution is 2.27. The van der Waals surface area contributed by atoms with E-state index in [1.54, 1.807) is 24.0 Å². The molecule has 2 aromatic heterocycles. The van der Waals surface area contributed by atoms with Crippen LogP contribution in [-0.4, -0.2) is 33.4 Å². The lowest BCUT2D eigenvalue weighted by molar-refractivity contribution is -0.113. The van der Waals surface area contributed by atoms with Gasteiger partial charge in [-0.25, -0.2) is 9.50 Å². The van der Waals surface area contributed by atoms with Gasteiger partial charge >= 0.3 is 0 Å². The number of nitrogens with one attached hydrogen (secondary N) is 1. The van der Waals surface area contributed by atoms with Gasteiger partial charge in [0.05, 0.1) is 24.1 Å². The molecular formula is C22H20N4O2S. The van der Waals surface area contributed by atoms with Crippen molar-refractivity contribution in [3.63, 3.8) is 0 Å². The van der Waals surface area contributed by atoms with Gasteiger partial charge in [-0.2, -0.15) is 5.10 Å². The summed E-state index contributed by atoms with van der Waals surface area (Å²) >= 11 is 1.39. The molecule has 1 amide bonds. The Kier molecular flexibility index (Phi) is 5.48. The van der Waals surface area contributed by atoms with E-state index in [0.717, 1.165) is 38.8 Å². The number of thioether (sulfide) groups is 1. The lowest BCUT2D eigenvalue weighted by Crippen LogP contribution is -2.14. The van der Waals surface area contributed by atoms with Crippen molar-refractivity contribution in [1.29, 1.82) is 0 Å². The van der Waals surface area contributed by atoms with E-state index >= 15 is 0 Å². The first-order valence-corrected chi connectivity index (χ1v) is 10.1. The maximum Gasteiger partial charge on any atom is 0.234 e. The van der Waals surface area contributed by atoms with Crippen LogP contribution in [-0.2, 0) is 4.79 Å². The number of ether oxygens (including phenoxy) is 1. The Bertz CT molecular complexity index is 1160. The first kappa shape index (κ1) is 19.0. The average Bonchev–Trinajstić information content (AvgIpc) is 3.17. The smallest absolute Gasteiger partial charge is 0.234 e. The number of nitrogens with zero attached hydrogens (tertiary/aromatic N) is 3. The van der Waals surface area contributed by atoms with E-state index in [2.05, 4.69) is 15.4 Å². The van der Waals surface area contributed by atoms with Crippen LogP contribution < -0.4 is 10.1 Å². The normalized spacial score (nSPS) is 10.8. The van der Waals surface area contributed by atoms with E-state index in [0.29, 0.717) is 0 Å². The molecule has 0 radical (unpaired) electrons. The van der Waals surface area contributed by atoms with Crippen LogP contribution >= 0.6 is 11.8 Å². The minimum absolute atomic E-state index is 0.0701. The molecule has 2 aromatic carbocycles. The fraction of sp³-hybridized carbons (Fsp3) is 0.136. The number of anilines is 1. The first-order valence-electron chi connectivity index (χ1n) is 9.10. The Balaban J connectivity index is 1.50. The van der Waals surface area contributed by atoms with E-state index < -0.39 is 0 Å². The van der Waals surface area contributed by atoms with Crippen molar-refractivity contribution in [2.75, 3.05) is 18.2 Å². The number of amides is 1. The van der Waals surface area contributed by atoms with E-state index in [-0.39, 0.29) is 11.7 Å². The van der Waals surface area contributed by atoms with Crippen LogP contribution in [0.15, 0.2) is 72.0 Å². The van der Waals surface area contributed by atoms with Crippen LogP contribution in [0, 0.1) is 6.92 Å². The van der Waals surface area contributed by atoms with Crippen LogP contribution in [0.3, 0.4) is 0 Å². The second-order valence-corrected chi connectivity index (χ2v) is 7.49. The van der Waals surface area contributed by atoms with Crippen molar-refractivity contribution in [3.8, 4) is 17.0 Å². The summed E-state index contributed by atoms with van der Waals surface area (Å²) in [4.78, 5) is 16.8. The van der Waals surface area contributed by atoms with Gasteiger partial charge in [0.15, 0.2) is 0 Å². The summed E-state index contributed by atoms with van der Waals surface area (Å²) in [6.07, 6.45) is 3.50. The van der Waals surface area contributed by atoms with Gasteiger partial charge < -0.3 is 10.1 Å². The fourth-order valence-electron chi connectivity index (χ4n) is 2.97. The SMILES string of the molecule is COc1ccc(-c2cc3c(SCC(=O)Nc4cccc(C)c4)nccn3n2)cc1. The van der Waals surface area contributed by atoms with Crippen LogP contribution in [0.1, 0.15) is 5.56 Å². The van der Waals surface area contributed by atoms with Crippen LogP contribution in [0.4, 0.5) is 5.69 Å². The van der Waals surface area contributed by atoms with E-state index in [9.17, 15) is 4.79 Å². The highest BCUT2D eigenvalue weighted by molar-refractivity contribution is 8.00. The number of benzene rings is 2. The Morgan fingerprint density at radius 2 is 2.00 bits per heavy atom. The fourth-order valence-corrected chi connectivity index (χ4v) is 3.74. The Hall–Kier alpha value is -3.32. The Morgan fingerprint density at radius 3 is 2.76 bits per heavy atom. The Labute approximate surface area is 172 Å². The van der Waals surface area contributed by atoms with Crippen LogP contribution in [0.5, 0.6) is 5.75 Å². The molecule has 4 rings (SSSR count). The minimum Gasteiger partial charge on any atom is -0.497 e. The van der Waals surface area contributed by atoms with Crippen molar-refractivity contribution in [2.45, 2.75) is 11.9 Å². The van der Waals surface area contributed by atoms with Gasteiger partial charge in [-0.05, 0) is 55.0 Å². The topological polar surface area (TPSA) is 68.5 Å². The highest BCUT2D eigenvalue weighted by Gasteiger charge is 2.12. The predicted octanol–water partition coefficient (Wildman–Crippen LogP) is 4.44. The molecule has 0 atom stereocenters. The third-order valence-corrected chi connectivity index (χ3v) is 5.38. The predicted molar refractivity (Wildman–Crippen MR) is 116 cm³/mol. The number of fused-ring (bicyclic) bond motifs is 1. The van der Waals surface area contributed by atoms with Gasteiger partial charge in [0, 0.05) is 23.6 Å². The summed E-state index contributed by atoms with van der Waals surface area (Å²) < 4.78 is 6.99. The number of carbonyl (C=O) groups is 1. The number of rotatable bonds is 6. The molecule has 146 valence electrons. The third-order valence-electron chi connectivity index (χ3n) is 4.38. The molecule has 0 saturated carbocycles. The van der Waals surface area contributed by atoms with Crippen molar-refractivity contribution in [2.24, 2.45) is 0 Å². The number of hydrogen-bond donors (Lipinski definition) is 1. The molecule has 0 spiro atoms. The molecule has 1 N–H and O–H groups in total. The zero-order valence-electron chi connectivity index (χ0n) is 16.1. The van der Waals surface area contributed by atoms with Crippen molar-refractivity contribution < 1.29 is 9.53 Å². The second-order valence-electron chi connectivity index (χ2n) is 6.53. The molecule has 0 aliphatic carbocycles. The van der Waals surface area contributed by atoms with E-state index in [1.165, 1.54) is 11.8 Å². The summed E-state index contributed by atoms with van der Waals surface area (Å²) in [5.41, 5.74) is 4.60.